The second-order valence-electron chi connectivity index (χ2n) is 6.40. The molecule has 0 heterocycles. The first-order valence-corrected chi connectivity index (χ1v) is 9.40. The van der Waals surface area contributed by atoms with Crippen LogP contribution in [-0.4, -0.2) is 30.9 Å². The van der Waals surface area contributed by atoms with Crippen molar-refractivity contribution in [1.29, 1.82) is 0 Å². The van der Waals surface area contributed by atoms with Crippen LogP contribution in [0.15, 0.2) is 53.6 Å². The number of rotatable bonds is 10. The zero-order chi connectivity index (χ0) is 19.5. The van der Waals surface area contributed by atoms with Crippen molar-refractivity contribution in [2.24, 2.45) is 0 Å². The van der Waals surface area contributed by atoms with E-state index in [9.17, 15) is 14.4 Å². The average molecular weight is 370 g/mol. The SMILES string of the molecule is CC(=O)OCCCCCCOC(=O)C1=CCCC=C1C(=O)c1ccccc1. The highest BCUT2D eigenvalue weighted by Crippen LogP contribution is 2.24. The Morgan fingerprint density at radius 3 is 2.04 bits per heavy atom. The van der Waals surface area contributed by atoms with Gasteiger partial charge in [-0.3, -0.25) is 9.59 Å². The summed E-state index contributed by atoms with van der Waals surface area (Å²) in [6.07, 6.45) is 8.42. The molecule has 0 spiro atoms. The topological polar surface area (TPSA) is 69.7 Å². The normalized spacial score (nSPS) is 13.4. The van der Waals surface area contributed by atoms with Gasteiger partial charge in [0.05, 0.1) is 18.8 Å². The summed E-state index contributed by atoms with van der Waals surface area (Å²) in [5, 5.41) is 0. The maximum atomic E-state index is 12.7. The molecule has 0 unspecified atom stereocenters. The summed E-state index contributed by atoms with van der Waals surface area (Å²) in [7, 11) is 0. The second-order valence-corrected chi connectivity index (χ2v) is 6.40. The Balaban J connectivity index is 1.77. The van der Waals surface area contributed by atoms with Gasteiger partial charge in [-0.25, -0.2) is 4.79 Å². The van der Waals surface area contributed by atoms with Gasteiger partial charge in [0.25, 0.3) is 0 Å². The molecule has 0 saturated heterocycles. The lowest BCUT2D eigenvalue weighted by atomic mass is 9.91. The van der Waals surface area contributed by atoms with Crippen LogP contribution >= 0.6 is 0 Å². The number of hydrogen-bond acceptors (Lipinski definition) is 5. The van der Waals surface area contributed by atoms with Crippen LogP contribution in [-0.2, 0) is 19.1 Å². The van der Waals surface area contributed by atoms with Crippen molar-refractivity contribution in [3.8, 4) is 0 Å². The summed E-state index contributed by atoms with van der Waals surface area (Å²) in [6, 6.07) is 8.95. The van der Waals surface area contributed by atoms with Gasteiger partial charge in [-0.2, -0.15) is 0 Å². The Bertz CT molecular complexity index is 715. The van der Waals surface area contributed by atoms with Crippen molar-refractivity contribution >= 4 is 17.7 Å². The lowest BCUT2D eigenvalue weighted by Gasteiger charge is -2.15. The molecule has 5 nitrogen and oxygen atoms in total. The van der Waals surface area contributed by atoms with Crippen molar-refractivity contribution in [2.45, 2.75) is 45.4 Å². The number of esters is 2. The molecule has 1 aliphatic rings. The van der Waals surface area contributed by atoms with Gasteiger partial charge in [0.15, 0.2) is 5.78 Å². The summed E-state index contributed by atoms with van der Waals surface area (Å²) in [5.41, 5.74) is 1.36. The molecule has 0 atom stereocenters. The summed E-state index contributed by atoms with van der Waals surface area (Å²) < 4.78 is 10.2. The number of Topliss-reactive ketones (excluding diaryl/α,β-unsaturated/α-hetero) is 1. The van der Waals surface area contributed by atoms with Gasteiger partial charge in [-0.05, 0) is 38.5 Å². The highest BCUT2D eigenvalue weighted by atomic mass is 16.5. The summed E-state index contributed by atoms with van der Waals surface area (Å²) in [6.45, 7) is 2.14. The van der Waals surface area contributed by atoms with E-state index in [-0.39, 0.29) is 11.8 Å². The maximum absolute atomic E-state index is 12.7. The van der Waals surface area contributed by atoms with Crippen molar-refractivity contribution in [2.75, 3.05) is 13.2 Å². The van der Waals surface area contributed by atoms with Crippen LogP contribution in [0.4, 0.5) is 0 Å². The number of allylic oxidation sites excluding steroid dienone is 2. The smallest absolute Gasteiger partial charge is 0.338 e. The van der Waals surface area contributed by atoms with E-state index >= 15 is 0 Å². The van der Waals surface area contributed by atoms with E-state index in [4.69, 9.17) is 9.47 Å². The van der Waals surface area contributed by atoms with Crippen LogP contribution in [0.25, 0.3) is 0 Å². The molecule has 0 radical (unpaired) electrons. The van der Waals surface area contributed by atoms with Crippen molar-refractivity contribution in [1.82, 2.24) is 0 Å². The van der Waals surface area contributed by atoms with Crippen LogP contribution in [0, 0.1) is 0 Å². The van der Waals surface area contributed by atoms with Gasteiger partial charge in [0, 0.05) is 18.1 Å². The molecule has 144 valence electrons. The Labute approximate surface area is 160 Å². The third-order valence-corrected chi connectivity index (χ3v) is 4.23. The number of unbranched alkanes of at least 4 members (excludes halogenated alkanes) is 3. The molecule has 1 aromatic carbocycles. The quantitative estimate of drug-likeness (QED) is 0.351. The fraction of sp³-hybridized carbons (Fsp3) is 0.409. The van der Waals surface area contributed by atoms with Crippen LogP contribution in [0.1, 0.15) is 55.8 Å². The molecule has 0 N–H and O–H groups in total. The Kier molecular flexibility index (Phi) is 8.49. The first-order valence-electron chi connectivity index (χ1n) is 9.40. The molecular weight excluding hydrogens is 344 g/mol. The zero-order valence-corrected chi connectivity index (χ0v) is 15.7. The average Bonchev–Trinajstić information content (AvgIpc) is 2.69. The van der Waals surface area contributed by atoms with Gasteiger partial charge in [-0.1, -0.05) is 42.5 Å². The van der Waals surface area contributed by atoms with E-state index in [1.165, 1.54) is 6.92 Å². The molecule has 0 bridgehead atoms. The number of ketones is 1. The first-order chi connectivity index (χ1) is 13.1. The minimum absolute atomic E-state index is 0.149. The van der Waals surface area contributed by atoms with Gasteiger partial charge in [-0.15, -0.1) is 0 Å². The number of hydrogen-bond donors (Lipinski definition) is 0. The second kappa shape index (κ2) is 11.1. The van der Waals surface area contributed by atoms with Crippen LogP contribution < -0.4 is 0 Å². The van der Waals surface area contributed by atoms with Crippen molar-refractivity contribution in [3.63, 3.8) is 0 Å². The first kappa shape index (κ1) is 20.6. The molecule has 5 heteroatoms. The van der Waals surface area contributed by atoms with Crippen molar-refractivity contribution in [3.05, 3.63) is 59.2 Å². The van der Waals surface area contributed by atoms with Gasteiger partial charge in [0.1, 0.15) is 0 Å². The molecule has 1 aromatic rings. The Morgan fingerprint density at radius 1 is 0.815 bits per heavy atom. The fourth-order valence-electron chi connectivity index (χ4n) is 2.84. The predicted molar refractivity (Wildman–Crippen MR) is 102 cm³/mol. The summed E-state index contributed by atoms with van der Waals surface area (Å²) in [5.74, 6) is -0.854. The van der Waals surface area contributed by atoms with Gasteiger partial charge < -0.3 is 9.47 Å². The van der Waals surface area contributed by atoms with Gasteiger partial charge >= 0.3 is 11.9 Å². The third-order valence-electron chi connectivity index (χ3n) is 4.23. The van der Waals surface area contributed by atoms with Crippen LogP contribution in [0.2, 0.25) is 0 Å². The standard InChI is InChI=1S/C22H26O5/c1-17(23)26-15-9-2-3-10-16-27-22(25)20-14-8-7-13-19(20)21(24)18-11-5-4-6-12-18/h4-6,11-14H,2-3,7-10,15-16H2,1H3. The molecular formula is C22H26O5. The summed E-state index contributed by atoms with van der Waals surface area (Å²) in [4.78, 5) is 35.8. The van der Waals surface area contributed by atoms with Gasteiger partial charge in [0.2, 0.25) is 0 Å². The molecule has 0 aromatic heterocycles. The molecule has 0 aliphatic heterocycles. The Morgan fingerprint density at radius 2 is 1.41 bits per heavy atom. The third kappa shape index (κ3) is 6.85. The molecule has 27 heavy (non-hydrogen) atoms. The lowest BCUT2D eigenvalue weighted by molar-refractivity contribution is -0.141. The van der Waals surface area contributed by atoms with E-state index < -0.39 is 5.97 Å². The molecule has 1 aliphatic carbocycles. The molecule has 0 saturated carbocycles. The minimum Gasteiger partial charge on any atom is -0.466 e. The van der Waals surface area contributed by atoms with E-state index in [0.717, 1.165) is 38.5 Å². The highest BCUT2D eigenvalue weighted by Gasteiger charge is 2.24. The van der Waals surface area contributed by atoms with E-state index in [1.807, 2.05) is 12.1 Å². The van der Waals surface area contributed by atoms with E-state index in [0.29, 0.717) is 29.9 Å². The number of carbonyl (C=O) groups excluding carboxylic acids is 3. The molecule has 0 fully saturated rings. The largest absolute Gasteiger partial charge is 0.466 e. The van der Waals surface area contributed by atoms with Crippen LogP contribution in [0.5, 0.6) is 0 Å². The zero-order valence-electron chi connectivity index (χ0n) is 15.7. The monoisotopic (exact) mass is 370 g/mol. The van der Waals surface area contributed by atoms with E-state index in [1.54, 1.807) is 30.3 Å². The highest BCUT2D eigenvalue weighted by molar-refractivity contribution is 6.17. The number of carbonyl (C=O) groups is 3. The molecule has 0 amide bonds. The number of benzene rings is 1. The Hall–Kier alpha value is -2.69. The molecule has 2 rings (SSSR count). The number of ether oxygens (including phenoxy) is 2. The predicted octanol–water partition coefficient (Wildman–Crippen LogP) is 4.18. The van der Waals surface area contributed by atoms with Crippen molar-refractivity contribution < 1.29 is 23.9 Å². The summed E-state index contributed by atoms with van der Waals surface area (Å²) >= 11 is 0. The maximum Gasteiger partial charge on any atom is 0.338 e. The minimum atomic E-state index is -0.440. The lowest BCUT2D eigenvalue weighted by Crippen LogP contribution is -2.17. The van der Waals surface area contributed by atoms with E-state index in [2.05, 4.69) is 0 Å². The van der Waals surface area contributed by atoms with Crippen LogP contribution in [0.3, 0.4) is 0 Å². The fourth-order valence-corrected chi connectivity index (χ4v) is 2.84.